The number of fused-ring (bicyclic) bond motifs is 15. The van der Waals surface area contributed by atoms with Gasteiger partial charge in [0.1, 0.15) is 57.5 Å². The SMILES string of the molecule is CC(C)(C)c1ccc2c(c1)OP(Oc1ccccc1)c1cc(C(C)(C)C)ccc1-2.Cc1ccc2c(c1)OP(Oc1ccccc1)c1cc(C)ccc1-2.Cc1cccc2c1OP(Oc1ccccc1)c1ccccc1-2.c1ccc(OP2Oc3c(-c4ccccc4)cc(-c4ccccc4)cc3-c3ccccc32)cc1.c1ccc(OP2Oc3c(cccc3C3CCCCC3)-c3ccccc32)cc1. The molecule has 1 fully saturated rings. The van der Waals surface area contributed by atoms with Gasteiger partial charge >= 0.3 is 41.9 Å². The van der Waals surface area contributed by atoms with Crippen LogP contribution in [0.5, 0.6) is 57.5 Å². The van der Waals surface area contributed by atoms with Crippen molar-refractivity contribution in [2.75, 3.05) is 0 Å². The van der Waals surface area contributed by atoms with Gasteiger partial charge < -0.3 is 45.2 Å². The Morgan fingerprint density at radius 2 is 0.567 bits per heavy atom. The van der Waals surface area contributed by atoms with Gasteiger partial charge in [0.2, 0.25) is 0 Å². The Balaban J connectivity index is 0.000000109. The molecule has 0 amide bonds. The minimum absolute atomic E-state index is 0.0673. The summed E-state index contributed by atoms with van der Waals surface area (Å²) in [6.45, 7) is 19.6. The van der Waals surface area contributed by atoms with Crippen molar-refractivity contribution >= 4 is 68.4 Å². The Morgan fingerprint density at radius 3 is 1.04 bits per heavy atom. The van der Waals surface area contributed by atoms with Gasteiger partial charge in [0.25, 0.3) is 0 Å². The molecule has 134 heavy (non-hydrogen) atoms. The molecule has 15 heteroatoms. The van der Waals surface area contributed by atoms with Crippen LogP contribution >= 0.6 is 41.9 Å². The molecular weight excluding hydrogens is 1740 g/mol. The fourth-order valence-electron chi connectivity index (χ4n) is 17.2. The molecule has 0 bridgehead atoms. The summed E-state index contributed by atoms with van der Waals surface area (Å²) in [4.78, 5) is 0. The van der Waals surface area contributed by atoms with Crippen molar-refractivity contribution in [3.63, 3.8) is 0 Å². The molecule has 0 N–H and O–H groups in total. The number of rotatable bonds is 13. The van der Waals surface area contributed by atoms with Crippen molar-refractivity contribution in [3.05, 3.63) is 440 Å². The van der Waals surface area contributed by atoms with Crippen LogP contribution in [0.15, 0.2) is 406 Å². The number of benzene rings is 17. The van der Waals surface area contributed by atoms with E-state index >= 15 is 0 Å². The van der Waals surface area contributed by atoms with Crippen LogP contribution in [0.2, 0.25) is 0 Å². The molecule has 10 nitrogen and oxygen atoms in total. The van der Waals surface area contributed by atoms with Crippen LogP contribution in [0, 0.1) is 20.8 Å². The molecule has 666 valence electrons. The molecule has 6 aliphatic rings. The highest BCUT2D eigenvalue weighted by Gasteiger charge is 2.38. The van der Waals surface area contributed by atoms with E-state index in [2.05, 4.69) is 299 Å². The number of aryl methyl sites for hydroxylation is 3. The fraction of sp³-hybridized carbons (Fsp3) is 0.143. The first-order valence-corrected chi connectivity index (χ1v) is 51.7. The minimum Gasteiger partial charge on any atom is -0.435 e. The summed E-state index contributed by atoms with van der Waals surface area (Å²) in [5.41, 5.74) is 23.9. The number of para-hydroxylation sites is 7. The van der Waals surface area contributed by atoms with Gasteiger partial charge in [-0.3, -0.25) is 0 Å². The highest BCUT2D eigenvalue weighted by atomic mass is 31.2. The van der Waals surface area contributed by atoms with E-state index in [4.69, 9.17) is 45.2 Å². The first kappa shape index (κ1) is 90.1. The second-order valence-electron chi connectivity index (χ2n) is 35.9. The Hall–Kier alpha value is -13.1. The van der Waals surface area contributed by atoms with E-state index < -0.39 is 41.9 Å². The minimum atomic E-state index is -1.32. The maximum atomic E-state index is 6.68. The maximum absolute atomic E-state index is 6.68. The predicted octanol–water partition coefficient (Wildman–Crippen LogP) is 32.7. The zero-order chi connectivity index (χ0) is 91.7. The van der Waals surface area contributed by atoms with E-state index in [1.165, 1.54) is 98.9 Å². The Labute approximate surface area is 794 Å². The van der Waals surface area contributed by atoms with Gasteiger partial charge in [-0.25, -0.2) is 0 Å². The Morgan fingerprint density at radius 1 is 0.231 bits per heavy atom. The highest BCUT2D eigenvalue weighted by Crippen LogP contribution is 2.59. The van der Waals surface area contributed by atoms with Crippen molar-refractivity contribution in [1.29, 1.82) is 0 Å². The molecule has 0 saturated heterocycles. The largest absolute Gasteiger partial charge is 0.435 e. The lowest BCUT2D eigenvalue weighted by Crippen LogP contribution is -2.21. The highest BCUT2D eigenvalue weighted by molar-refractivity contribution is 7.58. The summed E-state index contributed by atoms with van der Waals surface area (Å²) >= 11 is 0. The summed E-state index contributed by atoms with van der Waals surface area (Å²) in [6.07, 6.45) is 6.53. The molecular formula is C119H105O10P5. The van der Waals surface area contributed by atoms with Crippen LogP contribution in [0.3, 0.4) is 0 Å². The summed E-state index contributed by atoms with van der Waals surface area (Å²) in [7, 11) is -6.12. The molecule has 5 aliphatic heterocycles. The second-order valence-corrected chi connectivity index (χ2v) is 42.7. The molecule has 5 unspecified atom stereocenters. The molecule has 17 aromatic carbocycles. The molecule has 1 saturated carbocycles. The van der Waals surface area contributed by atoms with Crippen LogP contribution in [-0.2, 0) is 10.8 Å². The topological polar surface area (TPSA) is 92.3 Å². The monoisotopic (exact) mass is 1850 g/mol. The predicted molar refractivity (Wildman–Crippen MR) is 559 cm³/mol. The van der Waals surface area contributed by atoms with Crippen LogP contribution in [0.4, 0.5) is 0 Å². The third-order valence-electron chi connectivity index (χ3n) is 24.3. The van der Waals surface area contributed by atoms with Gasteiger partial charge in [-0.15, -0.1) is 0 Å². The second kappa shape index (κ2) is 40.8. The summed E-state index contributed by atoms with van der Waals surface area (Å²) in [6, 6.07) is 139. The average molecular weight is 1850 g/mol. The smallest absolute Gasteiger partial charge is 0.326 e. The summed E-state index contributed by atoms with van der Waals surface area (Å²) in [5, 5.41) is 5.66. The normalized spacial score (nSPS) is 15.8. The first-order chi connectivity index (χ1) is 65.4. The standard InChI is InChI=1S/C30H21O2P.C26H29O2P.C24H23O2P.C20H17O2P.C19H15O2P/c1-4-12-22(13-5-1)24-20-27(23-14-6-2-7-15-23)30-28(21-24)26-18-10-11-19-29(26)33(32-30)31-25-16-8-3-9-17-25;1-25(2,3)18-12-14-21-22-15-13-19(26(4,5)6)17-24(22)29(28-23(21)16-18)27-20-10-8-7-9-11-20;1-3-10-18(11-4-1)20-15-9-16-22-21-14-7-8-17-23(21)27(26-24(20)22)25-19-12-5-2-6-13-19;1-14-8-10-17-18-11-9-15(2)13-20(18)23(22-19(17)12-14)21-16-6-4-3-5-7-16;1-14-8-7-12-17-16-11-5-6-13-18(16)22(21-19(14)17)20-15-9-3-2-4-10-15/h1-21H;7-17H,1-6H3;2,5-9,12-18H,1,3-4,10-11H2;3-13H,1-2H3;2-13H,1H3. The average Bonchev–Trinajstić information content (AvgIpc) is 0.731. The molecule has 5 atom stereocenters. The molecule has 17 aromatic rings. The number of hydrogen-bond donors (Lipinski definition) is 0. The van der Waals surface area contributed by atoms with Crippen LogP contribution in [0.1, 0.15) is 113 Å². The zero-order valence-electron chi connectivity index (χ0n) is 76.6. The van der Waals surface area contributed by atoms with Gasteiger partial charge in [0, 0.05) is 33.4 Å². The first-order valence-electron chi connectivity index (χ1n) is 45.8. The van der Waals surface area contributed by atoms with Gasteiger partial charge in [0.15, 0.2) is 0 Å². The van der Waals surface area contributed by atoms with Crippen LogP contribution in [0.25, 0.3) is 77.9 Å². The van der Waals surface area contributed by atoms with Crippen molar-refractivity contribution in [1.82, 2.24) is 0 Å². The van der Waals surface area contributed by atoms with Gasteiger partial charge in [-0.2, -0.15) is 0 Å². The lowest BCUT2D eigenvalue weighted by Gasteiger charge is -2.31. The molecule has 0 radical (unpaired) electrons. The van der Waals surface area contributed by atoms with Gasteiger partial charge in [-0.05, 0) is 238 Å². The quantitative estimate of drug-likeness (QED) is 0.104. The van der Waals surface area contributed by atoms with E-state index in [1.807, 2.05) is 170 Å². The van der Waals surface area contributed by atoms with Crippen LogP contribution in [-0.4, -0.2) is 0 Å². The van der Waals surface area contributed by atoms with Crippen molar-refractivity contribution in [2.45, 2.75) is 111 Å². The van der Waals surface area contributed by atoms with E-state index in [9.17, 15) is 0 Å². The third-order valence-corrected chi connectivity index (χ3v) is 31.8. The molecule has 5 heterocycles. The Bertz CT molecular complexity index is 6940. The lowest BCUT2D eigenvalue weighted by atomic mass is 9.82. The number of hydrogen-bond acceptors (Lipinski definition) is 10. The Kier molecular flexibility index (Phi) is 27.4. The molecule has 1 aliphatic carbocycles. The van der Waals surface area contributed by atoms with E-state index in [0.717, 1.165) is 129 Å². The van der Waals surface area contributed by atoms with E-state index in [-0.39, 0.29) is 10.8 Å². The van der Waals surface area contributed by atoms with Gasteiger partial charge in [0.05, 0.1) is 26.5 Å². The lowest BCUT2D eigenvalue weighted by molar-refractivity contribution is 0.430. The van der Waals surface area contributed by atoms with Crippen molar-refractivity contribution < 1.29 is 45.2 Å². The maximum Gasteiger partial charge on any atom is 0.326 e. The zero-order valence-corrected chi connectivity index (χ0v) is 81.1. The van der Waals surface area contributed by atoms with E-state index in [0.29, 0.717) is 5.92 Å². The van der Waals surface area contributed by atoms with Gasteiger partial charge in [-0.1, -0.05) is 358 Å². The third kappa shape index (κ3) is 20.5. The molecule has 0 spiro atoms. The van der Waals surface area contributed by atoms with Crippen molar-refractivity contribution in [3.8, 4) is 135 Å². The van der Waals surface area contributed by atoms with E-state index in [1.54, 1.807) is 0 Å². The summed E-state index contributed by atoms with van der Waals surface area (Å²) < 4.78 is 63.7. The fourth-order valence-corrected chi connectivity index (χ4v) is 24.9. The molecule has 23 rings (SSSR count). The molecule has 0 aromatic heterocycles. The van der Waals surface area contributed by atoms with Crippen LogP contribution < -0.4 is 71.8 Å². The van der Waals surface area contributed by atoms with Crippen molar-refractivity contribution in [2.24, 2.45) is 0 Å². The summed E-state index contributed by atoms with van der Waals surface area (Å²) in [5.74, 6) is 9.45.